The molecule has 0 saturated heterocycles. The van der Waals surface area contributed by atoms with Crippen molar-refractivity contribution in [2.45, 2.75) is 6.54 Å². The van der Waals surface area contributed by atoms with Gasteiger partial charge in [0.15, 0.2) is 16.6 Å². The molecule has 0 aliphatic rings. The van der Waals surface area contributed by atoms with Crippen molar-refractivity contribution in [3.8, 4) is 17.2 Å². The van der Waals surface area contributed by atoms with Crippen LogP contribution in [0.3, 0.4) is 0 Å². The molecule has 31 heavy (non-hydrogen) atoms. The minimum absolute atomic E-state index is 0.226. The number of amides is 1. The number of hydrogen-bond donors (Lipinski definition) is 3. The summed E-state index contributed by atoms with van der Waals surface area (Å²) in [6.07, 6.45) is 1.53. The second kappa shape index (κ2) is 8.92. The molecule has 160 valence electrons. The highest BCUT2D eigenvalue weighted by molar-refractivity contribution is 7.17. The number of nitrogens with one attached hydrogen (secondary N) is 3. The van der Waals surface area contributed by atoms with Gasteiger partial charge in [-0.05, 0) is 12.1 Å². The van der Waals surface area contributed by atoms with Crippen molar-refractivity contribution in [3.63, 3.8) is 0 Å². The number of para-hydroxylation sites is 2. The maximum atomic E-state index is 12.5. The van der Waals surface area contributed by atoms with E-state index in [-0.39, 0.29) is 5.91 Å². The van der Waals surface area contributed by atoms with Crippen LogP contribution >= 0.6 is 11.3 Å². The molecule has 2 heterocycles. The molecule has 0 aliphatic carbocycles. The normalized spacial score (nSPS) is 10.7. The summed E-state index contributed by atoms with van der Waals surface area (Å²) in [4.78, 5) is 24.9. The first-order valence-corrected chi connectivity index (χ1v) is 10.2. The van der Waals surface area contributed by atoms with E-state index in [4.69, 9.17) is 14.2 Å². The monoisotopic (exact) mass is 439 g/mol. The van der Waals surface area contributed by atoms with Gasteiger partial charge >= 0.3 is 0 Å². The van der Waals surface area contributed by atoms with Crippen molar-refractivity contribution in [3.05, 3.63) is 53.3 Å². The van der Waals surface area contributed by atoms with Gasteiger partial charge in [0.25, 0.3) is 5.91 Å². The number of aromatic nitrogens is 3. The van der Waals surface area contributed by atoms with Crippen LogP contribution in [0.2, 0.25) is 0 Å². The fourth-order valence-electron chi connectivity index (χ4n) is 3.05. The molecule has 4 rings (SSSR count). The number of methoxy groups -OCH3 is 3. The van der Waals surface area contributed by atoms with Crippen molar-refractivity contribution in [2.75, 3.05) is 26.6 Å². The van der Waals surface area contributed by atoms with E-state index in [1.807, 2.05) is 24.3 Å². The highest BCUT2D eigenvalue weighted by atomic mass is 32.1. The molecule has 0 radical (unpaired) electrons. The van der Waals surface area contributed by atoms with Gasteiger partial charge in [0.2, 0.25) is 5.75 Å². The average Bonchev–Trinajstić information content (AvgIpc) is 3.43. The third kappa shape index (κ3) is 4.38. The van der Waals surface area contributed by atoms with E-state index in [1.54, 1.807) is 33.5 Å². The Balaban J connectivity index is 1.43. The molecule has 0 spiro atoms. The standard InChI is InChI=1S/C21H21N5O4S/c1-28-15-8-12(9-16(29-2)19(15)30-3)24-21-23-10-17(31-21)20(27)22-11-18-25-13-6-4-5-7-14(13)26-18/h4-10H,11H2,1-3H3,(H,22,27)(H,23,24)(H,25,26). The number of rotatable bonds is 8. The molecule has 9 nitrogen and oxygen atoms in total. The Morgan fingerprint density at radius 1 is 1.10 bits per heavy atom. The summed E-state index contributed by atoms with van der Waals surface area (Å²) in [7, 11) is 4.65. The minimum atomic E-state index is -0.226. The topological polar surface area (TPSA) is 110 Å². The van der Waals surface area contributed by atoms with Crippen molar-refractivity contribution in [1.29, 1.82) is 0 Å². The van der Waals surface area contributed by atoms with Gasteiger partial charge in [0, 0.05) is 17.8 Å². The fraction of sp³-hybridized carbons (Fsp3) is 0.190. The number of thiazole rings is 1. The maximum absolute atomic E-state index is 12.5. The number of imidazole rings is 1. The Labute approximate surface area is 182 Å². The van der Waals surface area contributed by atoms with E-state index >= 15 is 0 Å². The molecule has 0 unspecified atom stereocenters. The van der Waals surface area contributed by atoms with Crippen LogP contribution < -0.4 is 24.8 Å². The largest absolute Gasteiger partial charge is 0.493 e. The maximum Gasteiger partial charge on any atom is 0.263 e. The van der Waals surface area contributed by atoms with Crippen LogP contribution in [-0.2, 0) is 6.54 Å². The first kappa shape index (κ1) is 20.5. The van der Waals surface area contributed by atoms with Crippen LogP contribution in [-0.4, -0.2) is 42.2 Å². The molecular weight excluding hydrogens is 418 g/mol. The van der Waals surface area contributed by atoms with Gasteiger partial charge in [-0.2, -0.15) is 0 Å². The van der Waals surface area contributed by atoms with Crippen LogP contribution in [0.4, 0.5) is 10.8 Å². The van der Waals surface area contributed by atoms with E-state index in [0.29, 0.717) is 45.3 Å². The Morgan fingerprint density at radius 3 is 2.52 bits per heavy atom. The number of benzene rings is 2. The number of H-pyrrole nitrogens is 1. The smallest absolute Gasteiger partial charge is 0.263 e. The zero-order valence-electron chi connectivity index (χ0n) is 17.2. The highest BCUT2D eigenvalue weighted by Gasteiger charge is 2.15. The SMILES string of the molecule is COc1cc(Nc2ncc(C(=O)NCc3nc4ccccc4[nH]3)s2)cc(OC)c1OC. The first-order valence-electron chi connectivity index (χ1n) is 9.36. The summed E-state index contributed by atoms with van der Waals surface area (Å²) in [6, 6.07) is 11.3. The number of fused-ring (bicyclic) bond motifs is 1. The summed E-state index contributed by atoms with van der Waals surface area (Å²) in [5.74, 6) is 2.00. The molecule has 0 bridgehead atoms. The molecular formula is C21H21N5O4S. The summed E-state index contributed by atoms with van der Waals surface area (Å²) in [5, 5.41) is 6.58. The number of aromatic amines is 1. The first-order chi connectivity index (χ1) is 15.1. The van der Waals surface area contributed by atoms with Crippen LogP contribution in [0, 0.1) is 0 Å². The van der Waals surface area contributed by atoms with Crippen molar-refractivity contribution in [2.24, 2.45) is 0 Å². The zero-order chi connectivity index (χ0) is 21.8. The molecule has 0 atom stereocenters. The predicted octanol–water partition coefficient (Wildman–Crippen LogP) is 3.72. The lowest BCUT2D eigenvalue weighted by Crippen LogP contribution is -2.22. The van der Waals surface area contributed by atoms with E-state index in [9.17, 15) is 4.79 Å². The summed E-state index contributed by atoms with van der Waals surface area (Å²) < 4.78 is 16.1. The lowest BCUT2D eigenvalue weighted by Gasteiger charge is -2.14. The molecule has 2 aromatic heterocycles. The van der Waals surface area contributed by atoms with Gasteiger partial charge in [0.05, 0.1) is 45.1 Å². The van der Waals surface area contributed by atoms with Gasteiger partial charge in [-0.1, -0.05) is 23.5 Å². The summed E-state index contributed by atoms with van der Waals surface area (Å²) in [6.45, 7) is 0.293. The van der Waals surface area contributed by atoms with Crippen LogP contribution in [0.15, 0.2) is 42.6 Å². The van der Waals surface area contributed by atoms with Gasteiger partial charge < -0.3 is 29.8 Å². The Kier molecular flexibility index (Phi) is 5.89. The van der Waals surface area contributed by atoms with Gasteiger partial charge in [0.1, 0.15) is 10.7 Å². The molecule has 4 aromatic rings. The molecule has 3 N–H and O–H groups in total. The number of nitrogens with zero attached hydrogens (tertiary/aromatic N) is 2. The van der Waals surface area contributed by atoms with Crippen LogP contribution in [0.5, 0.6) is 17.2 Å². The van der Waals surface area contributed by atoms with Crippen LogP contribution in [0.25, 0.3) is 11.0 Å². The third-order valence-corrected chi connectivity index (χ3v) is 5.41. The van der Waals surface area contributed by atoms with E-state index in [0.717, 1.165) is 11.0 Å². The number of carbonyl (C=O) groups excluding carboxylic acids is 1. The van der Waals surface area contributed by atoms with Gasteiger partial charge in [-0.25, -0.2) is 9.97 Å². The van der Waals surface area contributed by atoms with E-state index in [1.165, 1.54) is 17.5 Å². The Bertz CT molecular complexity index is 1160. The molecule has 2 aromatic carbocycles. The molecule has 0 aliphatic heterocycles. The lowest BCUT2D eigenvalue weighted by molar-refractivity contribution is 0.0954. The summed E-state index contributed by atoms with van der Waals surface area (Å²) >= 11 is 1.24. The van der Waals surface area contributed by atoms with Gasteiger partial charge in [-0.3, -0.25) is 4.79 Å². The van der Waals surface area contributed by atoms with Crippen molar-refractivity contribution in [1.82, 2.24) is 20.3 Å². The molecule has 10 heteroatoms. The van der Waals surface area contributed by atoms with E-state index in [2.05, 4.69) is 25.6 Å². The number of anilines is 2. The summed E-state index contributed by atoms with van der Waals surface area (Å²) in [5.41, 5.74) is 2.49. The minimum Gasteiger partial charge on any atom is -0.493 e. The quantitative estimate of drug-likeness (QED) is 0.384. The number of hydrogen-bond acceptors (Lipinski definition) is 8. The molecule has 1 amide bonds. The fourth-order valence-corrected chi connectivity index (χ4v) is 3.81. The average molecular weight is 439 g/mol. The second-order valence-electron chi connectivity index (χ2n) is 6.45. The van der Waals surface area contributed by atoms with Crippen molar-refractivity contribution >= 4 is 39.1 Å². The van der Waals surface area contributed by atoms with Crippen LogP contribution in [0.1, 0.15) is 15.5 Å². The van der Waals surface area contributed by atoms with E-state index < -0.39 is 0 Å². The number of ether oxygens (including phenoxy) is 3. The van der Waals surface area contributed by atoms with Crippen molar-refractivity contribution < 1.29 is 19.0 Å². The highest BCUT2D eigenvalue weighted by Crippen LogP contribution is 2.40. The molecule has 0 fully saturated rings. The lowest BCUT2D eigenvalue weighted by atomic mass is 10.2. The third-order valence-electron chi connectivity index (χ3n) is 4.50. The second-order valence-corrected chi connectivity index (χ2v) is 7.48. The molecule has 0 saturated carbocycles. The predicted molar refractivity (Wildman–Crippen MR) is 119 cm³/mol. The number of carbonyl (C=O) groups is 1. The Hall–Kier alpha value is -3.79. The van der Waals surface area contributed by atoms with Gasteiger partial charge in [-0.15, -0.1) is 0 Å². The zero-order valence-corrected chi connectivity index (χ0v) is 18.0. The Morgan fingerprint density at radius 2 is 1.84 bits per heavy atom.